The summed E-state index contributed by atoms with van der Waals surface area (Å²) in [5.41, 5.74) is 1.67. The van der Waals surface area contributed by atoms with Crippen molar-refractivity contribution in [1.82, 2.24) is 15.1 Å². The van der Waals surface area contributed by atoms with Crippen molar-refractivity contribution in [2.75, 3.05) is 32.7 Å². The molecule has 2 aromatic rings. The lowest BCUT2D eigenvalue weighted by Gasteiger charge is -2.36. The maximum atomic E-state index is 13.1. The van der Waals surface area contributed by atoms with Crippen molar-refractivity contribution >= 4 is 12.0 Å². The quantitative estimate of drug-likeness (QED) is 0.705. The van der Waals surface area contributed by atoms with Crippen molar-refractivity contribution in [2.45, 2.75) is 25.2 Å². The highest BCUT2D eigenvalue weighted by atomic mass is 19.4. The maximum Gasteiger partial charge on any atom is 0.408 e. The van der Waals surface area contributed by atoms with Gasteiger partial charge in [-0.15, -0.1) is 0 Å². The number of halogens is 3. The van der Waals surface area contributed by atoms with E-state index in [2.05, 4.69) is 5.32 Å². The number of alkyl carbamates (subject to hydrolysis) is 1. The van der Waals surface area contributed by atoms with Crippen LogP contribution in [0, 0.1) is 0 Å². The Hall–Kier alpha value is -3.07. The molecule has 6 nitrogen and oxygen atoms in total. The Kier molecular flexibility index (Phi) is 8.10. The van der Waals surface area contributed by atoms with E-state index in [4.69, 9.17) is 4.74 Å². The zero-order valence-corrected chi connectivity index (χ0v) is 17.6. The van der Waals surface area contributed by atoms with E-state index < -0.39 is 24.9 Å². The topological polar surface area (TPSA) is 61.9 Å². The first-order valence-electron chi connectivity index (χ1n) is 10.4. The molecular weight excluding hydrogens is 423 g/mol. The number of carbonyl (C=O) groups excluding carboxylic acids is 2. The van der Waals surface area contributed by atoms with Crippen LogP contribution in [0.5, 0.6) is 0 Å². The molecule has 172 valence electrons. The Bertz CT molecular complexity index is 870. The molecule has 0 bridgehead atoms. The highest BCUT2D eigenvalue weighted by molar-refractivity contribution is 5.86. The van der Waals surface area contributed by atoms with E-state index in [1.165, 1.54) is 9.80 Å². The molecule has 1 aliphatic rings. The first-order chi connectivity index (χ1) is 15.3. The van der Waals surface area contributed by atoms with Gasteiger partial charge in [-0.1, -0.05) is 60.7 Å². The first kappa shape index (κ1) is 23.6. The molecule has 1 unspecified atom stereocenters. The number of carbonyl (C=O) groups is 2. The molecule has 1 fully saturated rings. The highest BCUT2D eigenvalue weighted by Crippen LogP contribution is 2.18. The molecule has 3 rings (SSSR count). The number of hydrogen-bond acceptors (Lipinski definition) is 4. The van der Waals surface area contributed by atoms with Crippen molar-refractivity contribution in [3.05, 3.63) is 71.8 Å². The zero-order valence-electron chi connectivity index (χ0n) is 17.6. The molecule has 2 aromatic carbocycles. The Morgan fingerprint density at radius 2 is 1.47 bits per heavy atom. The summed E-state index contributed by atoms with van der Waals surface area (Å²) in [5.74, 6) is -0.336. The highest BCUT2D eigenvalue weighted by Gasteiger charge is 2.34. The van der Waals surface area contributed by atoms with E-state index in [1.54, 1.807) is 0 Å². The minimum atomic E-state index is -4.27. The summed E-state index contributed by atoms with van der Waals surface area (Å²) in [6, 6.07) is 17.5. The molecule has 1 atom stereocenters. The van der Waals surface area contributed by atoms with Crippen LogP contribution in [0.1, 0.15) is 11.1 Å². The molecule has 1 aliphatic heterocycles. The molecule has 0 aromatic heterocycles. The van der Waals surface area contributed by atoms with Gasteiger partial charge in [0.2, 0.25) is 5.91 Å². The van der Waals surface area contributed by atoms with E-state index >= 15 is 0 Å². The number of nitrogens with one attached hydrogen (secondary N) is 1. The van der Waals surface area contributed by atoms with Crippen molar-refractivity contribution in [1.29, 1.82) is 0 Å². The van der Waals surface area contributed by atoms with E-state index in [0.717, 1.165) is 11.1 Å². The molecule has 0 radical (unpaired) electrons. The fraction of sp³-hybridized carbons (Fsp3) is 0.391. The number of piperazine rings is 1. The maximum absolute atomic E-state index is 13.1. The summed E-state index contributed by atoms with van der Waals surface area (Å²) >= 11 is 0. The fourth-order valence-electron chi connectivity index (χ4n) is 3.56. The van der Waals surface area contributed by atoms with E-state index in [1.807, 2.05) is 60.7 Å². The summed E-state index contributed by atoms with van der Waals surface area (Å²) in [7, 11) is 0. The summed E-state index contributed by atoms with van der Waals surface area (Å²) in [5, 5.41) is 2.64. The van der Waals surface area contributed by atoms with Gasteiger partial charge < -0.3 is 15.0 Å². The molecule has 2 amide bonds. The molecular formula is C23H26F3N3O3. The third-order valence-electron chi connectivity index (χ3n) is 5.17. The van der Waals surface area contributed by atoms with Crippen LogP contribution in [0.25, 0.3) is 0 Å². The number of nitrogens with zero attached hydrogens (tertiary/aromatic N) is 2. The van der Waals surface area contributed by atoms with Gasteiger partial charge in [0.25, 0.3) is 0 Å². The van der Waals surface area contributed by atoms with Crippen LogP contribution < -0.4 is 5.32 Å². The minimum absolute atomic E-state index is 0.0645. The van der Waals surface area contributed by atoms with E-state index in [-0.39, 0.29) is 45.1 Å². The van der Waals surface area contributed by atoms with Crippen LogP contribution in [0.15, 0.2) is 60.7 Å². The molecule has 0 saturated carbocycles. The SMILES string of the molecule is O=C(NC(Cc1ccccc1)C(=O)N1CCN(CC(F)(F)F)CC1)OCc1ccccc1. The number of ether oxygens (including phenoxy) is 1. The van der Waals surface area contributed by atoms with Gasteiger partial charge in [0.05, 0.1) is 6.54 Å². The van der Waals surface area contributed by atoms with Crippen LogP contribution in [-0.2, 0) is 22.6 Å². The fourth-order valence-corrected chi connectivity index (χ4v) is 3.56. The number of hydrogen-bond donors (Lipinski definition) is 1. The Morgan fingerprint density at radius 1 is 0.906 bits per heavy atom. The van der Waals surface area contributed by atoms with Gasteiger partial charge >= 0.3 is 12.3 Å². The van der Waals surface area contributed by atoms with Crippen LogP contribution in [0.4, 0.5) is 18.0 Å². The minimum Gasteiger partial charge on any atom is -0.445 e. The number of benzene rings is 2. The lowest BCUT2D eigenvalue weighted by molar-refractivity contribution is -0.152. The summed E-state index contributed by atoms with van der Waals surface area (Å²) < 4.78 is 43.1. The van der Waals surface area contributed by atoms with Crippen LogP contribution in [-0.4, -0.2) is 66.7 Å². The Morgan fingerprint density at radius 3 is 2.03 bits per heavy atom. The van der Waals surface area contributed by atoms with Crippen LogP contribution >= 0.6 is 0 Å². The summed E-state index contributed by atoms with van der Waals surface area (Å²) in [6.45, 7) is -0.340. The van der Waals surface area contributed by atoms with Crippen LogP contribution in [0.3, 0.4) is 0 Å². The molecule has 32 heavy (non-hydrogen) atoms. The molecule has 1 saturated heterocycles. The van der Waals surface area contributed by atoms with Crippen molar-refractivity contribution in [3.63, 3.8) is 0 Å². The number of alkyl halides is 3. The standard InChI is InChI=1S/C23H26F3N3O3/c24-23(25,26)17-28-11-13-29(14-12-28)21(30)20(15-18-7-3-1-4-8-18)27-22(31)32-16-19-9-5-2-6-10-19/h1-10,20H,11-17H2,(H,27,31). The summed E-state index contributed by atoms with van der Waals surface area (Å²) in [6.07, 6.45) is -4.74. The number of amides is 2. The average Bonchev–Trinajstić information content (AvgIpc) is 2.78. The smallest absolute Gasteiger partial charge is 0.408 e. The van der Waals surface area contributed by atoms with Crippen LogP contribution in [0.2, 0.25) is 0 Å². The van der Waals surface area contributed by atoms with Gasteiger partial charge in [0.15, 0.2) is 0 Å². The second kappa shape index (κ2) is 11.0. The molecule has 1 N–H and O–H groups in total. The molecule has 9 heteroatoms. The predicted octanol–water partition coefficient (Wildman–Crippen LogP) is 3.23. The van der Waals surface area contributed by atoms with Crippen molar-refractivity contribution in [2.24, 2.45) is 0 Å². The first-order valence-corrected chi connectivity index (χ1v) is 10.4. The lowest BCUT2D eigenvalue weighted by Crippen LogP contribution is -2.56. The monoisotopic (exact) mass is 449 g/mol. The third-order valence-corrected chi connectivity index (χ3v) is 5.17. The largest absolute Gasteiger partial charge is 0.445 e. The van der Waals surface area contributed by atoms with E-state index in [9.17, 15) is 22.8 Å². The number of rotatable bonds is 7. The van der Waals surface area contributed by atoms with E-state index in [0.29, 0.717) is 0 Å². The van der Waals surface area contributed by atoms with Gasteiger partial charge in [0, 0.05) is 32.6 Å². The zero-order chi connectivity index (χ0) is 23.0. The molecule has 1 heterocycles. The van der Waals surface area contributed by atoms with Crippen molar-refractivity contribution < 1.29 is 27.5 Å². The predicted molar refractivity (Wildman–Crippen MR) is 113 cm³/mol. The molecule has 0 aliphatic carbocycles. The Balaban J connectivity index is 1.60. The second-order valence-corrected chi connectivity index (χ2v) is 7.66. The normalized spacial score (nSPS) is 15.8. The Labute approximate surface area is 184 Å². The second-order valence-electron chi connectivity index (χ2n) is 7.66. The van der Waals surface area contributed by atoms with Gasteiger partial charge in [-0.2, -0.15) is 13.2 Å². The lowest BCUT2D eigenvalue weighted by atomic mass is 10.0. The third kappa shape index (κ3) is 7.56. The van der Waals surface area contributed by atoms with Gasteiger partial charge in [0.1, 0.15) is 12.6 Å². The van der Waals surface area contributed by atoms with Gasteiger partial charge in [-0.3, -0.25) is 9.69 Å². The van der Waals surface area contributed by atoms with Crippen molar-refractivity contribution in [3.8, 4) is 0 Å². The summed E-state index contributed by atoms with van der Waals surface area (Å²) in [4.78, 5) is 28.3. The van der Waals surface area contributed by atoms with Gasteiger partial charge in [-0.05, 0) is 11.1 Å². The van der Waals surface area contributed by atoms with Gasteiger partial charge in [-0.25, -0.2) is 4.79 Å². The molecule has 0 spiro atoms. The average molecular weight is 449 g/mol.